The lowest BCUT2D eigenvalue weighted by molar-refractivity contribution is 0.617. The van der Waals surface area contributed by atoms with Crippen LogP contribution in [0.15, 0.2) is 6.33 Å². The third-order valence-electron chi connectivity index (χ3n) is 4.87. The van der Waals surface area contributed by atoms with Gasteiger partial charge in [0.15, 0.2) is 17.3 Å². The van der Waals surface area contributed by atoms with Gasteiger partial charge < -0.3 is 9.88 Å². The van der Waals surface area contributed by atoms with E-state index in [9.17, 15) is 0 Å². The highest BCUT2D eigenvalue weighted by molar-refractivity contribution is 5.68. The fraction of sp³-hybridized carbons (Fsp3) is 0.706. The van der Waals surface area contributed by atoms with Crippen molar-refractivity contribution in [3.05, 3.63) is 12.2 Å². The Bertz CT molecular complexity index is 610. The van der Waals surface area contributed by atoms with E-state index in [1.807, 2.05) is 6.33 Å². The molecule has 0 unspecified atom stereocenters. The first-order valence-corrected chi connectivity index (χ1v) is 8.84. The van der Waals surface area contributed by atoms with E-state index >= 15 is 0 Å². The summed E-state index contributed by atoms with van der Waals surface area (Å²) in [4.78, 5) is 14.3. The van der Waals surface area contributed by atoms with E-state index in [2.05, 4.69) is 21.8 Å². The molecule has 4 aliphatic rings. The Morgan fingerprint density at radius 1 is 1.18 bits per heavy atom. The van der Waals surface area contributed by atoms with Crippen LogP contribution < -0.4 is 5.32 Å². The Hall–Kier alpha value is -1.65. The normalized spacial score (nSPS) is 19.1. The first-order chi connectivity index (χ1) is 10.8. The van der Waals surface area contributed by atoms with E-state index < -0.39 is 0 Å². The third kappa shape index (κ3) is 2.69. The van der Waals surface area contributed by atoms with E-state index in [0.29, 0.717) is 12.0 Å². The number of nitrogens with one attached hydrogen (secondary N) is 1. The summed E-state index contributed by atoms with van der Waals surface area (Å²) in [5.41, 5.74) is 0.979. The molecule has 2 aliphatic heterocycles. The van der Waals surface area contributed by atoms with Gasteiger partial charge in [-0.05, 0) is 32.1 Å². The molecule has 0 aromatic rings. The van der Waals surface area contributed by atoms with Gasteiger partial charge in [-0.25, -0.2) is 15.0 Å². The van der Waals surface area contributed by atoms with Crippen LogP contribution in [0.1, 0.15) is 70.0 Å². The highest BCUT2D eigenvalue weighted by Gasteiger charge is 2.31. The van der Waals surface area contributed by atoms with Crippen molar-refractivity contribution < 1.29 is 0 Å². The minimum absolute atomic E-state index is 0.559. The summed E-state index contributed by atoms with van der Waals surface area (Å²) < 4.78 is 2.18. The molecule has 2 aliphatic carbocycles. The Morgan fingerprint density at radius 2 is 2.00 bits per heavy atom. The average molecular weight is 299 g/mol. The number of aryl methyl sites for hydroxylation is 1. The van der Waals surface area contributed by atoms with Crippen molar-refractivity contribution in [1.82, 2.24) is 19.5 Å². The van der Waals surface area contributed by atoms with Crippen LogP contribution in [0.4, 0.5) is 5.82 Å². The van der Waals surface area contributed by atoms with Gasteiger partial charge in [-0.3, -0.25) is 0 Å². The number of hydrogen-bond acceptors (Lipinski definition) is 4. The van der Waals surface area contributed by atoms with Crippen LogP contribution in [-0.2, 0) is 6.54 Å². The van der Waals surface area contributed by atoms with E-state index in [-0.39, 0.29) is 0 Å². The molecule has 0 saturated heterocycles. The minimum atomic E-state index is 0.559. The van der Waals surface area contributed by atoms with Gasteiger partial charge in [0.2, 0.25) is 0 Å². The lowest BCUT2D eigenvalue weighted by Crippen LogP contribution is -2.18. The van der Waals surface area contributed by atoms with Gasteiger partial charge in [0.1, 0.15) is 5.82 Å². The maximum absolute atomic E-state index is 4.83. The average Bonchev–Trinajstić information content (AvgIpc) is 3.07. The topological polar surface area (TPSA) is 55.6 Å². The summed E-state index contributed by atoms with van der Waals surface area (Å²) in [7, 11) is 0. The molecule has 1 N–H and O–H groups in total. The zero-order valence-electron chi connectivity index (χ0n) is 13.4. The Labute approximate surface area is 131 Å². The maximum atomic E-state index is 4.83. The number of nitrogens with zero attached hydrogens (tertiary/aromatic N) is 4. The predicted octanol–water partition coefficient (Wildman–Crippen LogP) is 3.81. The molecule has 2 fully saturated rings. The molecule has 0 aromatic heterocycles. The summed E-state index contributed by atoms with van der Waals surface area (Å²) in [6.07, 6.45) is 11.9. The van der Waals surface area contributed by atoms with Crippen LogP contribution in [0.2, 0.25) is 0 Å². The highest BCUT2D eigenvalue weighted by Crippen LogP contribution is 2.41. The molecule has 0 spiro atoms. The van der Waals surface area contributed by atoms with E-state index in [0.717, 1.165) is 36.1 Å². The van der Waals surface area contributed by atoms with Crippen LogP contribution in [0, 0.1) is 0 Å². The zero-order chi connectivity index (χ0) is 14.9. The summed E-state index contributed by atoms with van der Waals surface area (Å²) in [6, 6.07) is 0.559. The molecule has 2 heterocycles. The largest absolute Gasteiger partial charge is 0.365 e. The first-order valence-electron chi connectivity index (χ1n) is 8.84. The zero-order valence-corrected chi connectivity index (χ0v) is 13.4. The van der Waals surface area contributed by atoms with Gasteiger partial charge in [0.25, 0.3) is 0 Å². The smallest absolute Gasteiger partial charge is 0.165 e. The molecule has 0 radical (unpaired) electrons. The second kappa shape index (κ2) is 5.86. The molecule has 2 saturated carbocycles. The van der Waals surface area contributed by atoms with Gasteiger partial charge in [0.05, 0.1) is 6.33 Å². The van der Waals surface area contributed by atoms with E-state index in [1.54, 1.807) is 0 Å². The van der Waals surface area contributed by atoms with Crippen LogP contribution >= 0.6 is 0 Å². The summed E-state index contributed by atoms with van der Waals surface area (Å²) in [5, 5.41) is 3.61. The quantitative estimate of drug-likeness (QED) is 0.881. The first kappa shape index (κ1) is 14.0. The molecule has 5 nitrogen and oxygen atoms in total. The highest BCUT2D eigenvalue weighted by atomic mass is 15.2. The molecule has 4 rings (SSSR count). The number of imidazole rings is 1. The Kier molecular flexibility index (Phi) is 3.72. The summed E-state index contributed by atoms with van der Waals surface area (Å²) >= 11 is 0. The molecule has 0 amide bonds. The van der Waals surface area contributed by atoms with E-state index in [4.69, 9.17) is 9.97 Å². The number of rotatable bonds is 6. The van der Waals surface area contributed by atoms with Gasteiger partial charge in [-0.2, -0.15) is 0 Å². The summed E-state index contributed by atoms with van der Waals surface area (Å²) in [5.74, 6) is 3.58. The lowest BCUT2D eigenvalue weighted by atomic mass is 10.2. The molecule has 118 valence electrons. The van der Waals surface area contributed by atoms with E-state index in [1.165, 1.54) is 44.9 Å². The third-order valence-corrected chi connectivity index (χ3v) is 4.87. The van der Waals surface area contributed by atoms with Crippen molar-refractivity contribution in [2.24, 2.45) is 0 Å². The minimum Gasteiger partial charge on any atom is -0.365 e. The van der Waals surface area contributed by atoms with Crippen molar-refractivity contribution >= 4 is 5.82 Å². The van der Waals surface area contributed by atoms with Crippen molar-refractivity contribution in [3.8, 4) is 11.5 Å². The Morgan fingerprint density at radius 3 is 2.73 bits per heavy atom. The van der Waals surface area contributed by atoms with Crippen molar-refractivity contribution in [2.45, 2.75) is 76.8 Å². The van der Waals surface area contributed by atoms with Gasteiger partial charge >= 0.3 is 0 Å². The second-order valence-electron chi connectivity index (χ2n) is 6.79. The number of unbranched alkanes of at least 4 members (excludes halogenated alkanes) is 1. The molecular weight excluding hydrogens is 274 g/mol. The van der Waals surface area contributed by atoms with Gasteiger partial charge in [-0.15, -0.1) is 0 Å². The number of hydrogen-bond donors (Lipinski definition) is 1. The number of aromatic nitrogens is 4. The SMILES string of the molecule is CCCCn1cnc(NC2CCCC2)c2nc(C3CC3)nc1-2. The van der Waals surface area contributed by atoms with Crippen LogP contribution in [0.25, 0.3) is 11.5 Å². The number of anilines is 1. The molecule has 22 heavy (non-hydrogen) atoms. The second-order valence-corrected chi connectivity index (χ2v) is 6.79. The standard InChI is InChI=1S/C17H25N5/c1-2-3-10-22-11-18-16(19-13-6-4-5-7-13)14-17(22)21-15(20-14)12-8-9-12/h11-13,19H,2-10H2,1H3. The van der Waals surface area contributed by atoms with Crippen LogP contribution in [-0.4, -0.2) is 25.6 Å². The molecule has 0 atom stereocenters. The molecule has 5 heteroatoms. The molecular formula is C17H25N5. The fourth-order valence-corrected chi connectivity index (χ4v) is 3.34. The monoisotopic (exact) mass is 299 g/mol. The Balaban J connectivity index is 1.67. The van der Waals surface area contributed by atoms with Gasteiger partial charge in [-0.1, -0.05) is 26.2 Å². The summed E-state index contributed by atoms with van der Waals surface area (Å²) in [6.45, 7) is 3.19. The lowest BCUT2D eigenvalue weighted by Gasteiger charge is -2.17. The predicted molar refractivity (Wildman–Crippen MR) is 87.2 cm³/mol. The van der Waals surface area contributed by atoms with Crippen LogP contribution in [0.5, 0.6) is 0 Å². The molecule has 0 aromatic carbocycles. The fourth-order valence-electron chi connectivity index (χ4n) is 3.34. The van der Waals surface area contributed by atoms with Crippen molar-refractivity contribution in [2.75, 3.05) is 5.32 Å². The maximum Gasteiger partial charge on any atom is 0.165 e. The van der Waals surface area contributed by atoms with Crippen molar-refractivity contribution in [3.63, 3.8) is 0 Å². The number of fused-ring (bicyclic) bond motifs is 1. The van der Waals surface area contributed by atoms with Crippen LogP contribution in [0.3, 0.4) is 0 Å². The van der Waals surface area contributed by atoms with Gasteiger partial charge in [0, 0.05) is 18.5 Å². The van der Waals surface area contributed by atoms with Crippen molar-refractivity contribution in [1.29, 1.82) is 0 Å². The molecule has 0 bridgehead atoms.